The molecule has 3 nitrogen and oxygen atoms in total. The Morgan fingerprint density at radius 1 is 0.962 bits per heavy atom. The molecule has 0 heterocycles. The lowest BCUT2D eigenvalue weighted by atomic mass is 9.93. The summed E-state index contributed by atoms with van der Waals surface area (Å²) in [6.45, 7) is 0. The van der Waals surface area contributed by atoms with Crippen LogP contribution in [0, 0.1) is 5.82 Å². The third-order valence-corrected chi connectivity index (χ3v) is 4.14. The zero-order valence-corrected chi connectivity index (χ0v) is 15.0. The van der Waals surface area contributed by atoms with Crippen molar-refractivity contribution in [3.63, 3.8) is 0 Å². The number of hydrogen-bond acceptors (Lipinski definition) is 3. The Kier molecular flexibility index (Phi) is 5.03. The number of Topliss-reactive ketones (excluding diaryl/α,β-unsaturated/α-hetero) is 1. The topological polar surface area (TPSA) is 29.5 Å². The Balaban J connectivity index is 2.17. The lowest BCUT2D eigenvalue weighted by Crippen LogP contribution is -2.10. The van der Waals surface area contributed by atoms with Crippen LogP contribution in [0.3, 0.4) is 0 Å². The summed E-state index contributed by atoms with van der Waals surface area (Å²) in [7, 11) is 5.31. The van der Waals surface area contributed by atoms with Gasteiger partial charge in [0.15, 0.2) is 5.78 Å². The molecule has 0 saturated heterocycles. The maximum absolute atomic E-state index is 13.3. The number of halogens is 1. The maximum Gasteiger partial charge on any atom is 0.195 e. The van der Waals surface area contributed by atoms with Crippen LogP contribution in [0.4, 0.5) is 4.39 Å². The standard InChI is InChI=1S/C22H20FNO2/c1-24(2)14-20(15-8-10-16(23)11-9-15)22(25)19-12-13-21(26-3)18-7-5-4-6-17(18)19/h4-14H,1-3H3/b20-14+. The highest BCUT2D eigenvalue weighted by Crippen LogP contribution is 2.31. The summed E-state index contributed by atoms with van der Waals surface area (Å²) in [6, 6.07) is 17.2. The minimum absolute atomic E-state index is 0.121. The summed E-state index contributed by atoms with van der Waals surface area (Å²) in [5.74, 6) is 0.265. The van der Waals surface area contributed by atoms with Gasteiger partial charge in [-0.25, -0.2) is 4.39 Å². The molecule has 0 aromatic heterocycles. The predicted octanol–water partition coefficient (Wildman–Crippen LogP) is 4.77. The van der Waals surface area contributed by atoms with Gasteiger partial charge in [0.1, 0.15) is 11.6 Å². The SMILES string of the molecule is COc1ccc(C(=O)/C(=C/N(C)C)c2ccc(F)cc2)c2ccccc12. The first-order chi connectivity index (χ1) is 12.5. The normalized spacial score (nSPS) is 11.5. The van der Waals surface area contributed by atoms with Crippen molar-refractivity contribution in [2.24, 2.45) is 0 Å². The van der Waals surface area contributed by atoms with E-state index < -0.39 is 0 Å². The Morgan fingerprint density at radius 3 is 2.23 bits per heavy atom. The molecule has 0 aliphatic rings. The minimum atomic E-state index is -0.333. The molecule has 0 amide bonds. The van der Waals surface area contributed by atoms with Gasteiger partial charge in [-0.1, -0.05) is 36.4 Å². The van der Waals surface area contributed by atoms with Crippen molar-refractivity contribution in [3.8, 4) is 5.75 Å². The highest BCUT2D eigenvalue weighted by molar-refractivity contribution is 6.32. The number of nitrogens with zero attached hydrogens (tertiary/aromatic N) is 1. The number of allylic oxidation sites excluding steroid dienone is 1. The number of carbonyl (C=O) groups excluding carboxylic acids is 1. The van der Waals surface area contributed by atoms with Crippen LogP contribution in [-0.2, 0) is 0 Å². The molecule has 26 heavy (non-hydrogen) atoms. The van der Waals surface area contributed by atoms with E-state index in [1.165, 1.54) is 12.1 Å². The number of ketones is 1. The molecular weight excluding hydrogens is 329 g/mol. The lowest BCUT2D eigenvalue weighted by molar-refractivity contribution is 0.105. The third kappa shape index (κ3) is 3.45. The van der Waals surface area contributed by atoms with E-state index in [9.17, 15) is 9.18 Å². The lowest BCUT2D eigenvalue weighted by Gasteiger charge is -2.14. The van der Waals surface area contributed by atoms with Crippen molar-refractivity contribution in [2.45, 2.75) is 0 Å². The minimum Gasteiger partial charge on any atom is -0.496 e. The second kappa shape index (κ2) is 7.40. The van der Waals surface area contributed by atoms with Gasteiger partial charge in [-0.3, -0.25) is 4.79 Å². The average Bonchev–Trinajstić information content (AvgIpc) is 2.65. The zero-order valence-electron chi connectivity index (χ0n) is 15.0. The molecule has 3 aromatic rings. The van der Waals surface area contributed by atoms with Crippen molar-refractivity contribution >= 4 is 22.1 Å². The summed E-state index contributed by atoms with van der Waals surface area (Å²) in [6.07, 6.45) is 1.76. The van der Waals surface area contributed by atoms with Crippen LogP contribution in [0.5, 0.6) is 5.75 Å². The number of benzene rings is 3. The number of fused-ring (bicyclic) bond motifs is 1. The summed E-state index contributed by atoms with van der Waals surface area (Å²) < 4.78 is 18.7. The predicted molar refractivity (Wildman–Crippen MR) is 103 cm³/mol. The van der Waals surface area contributed by atoms with Crippen LogP contribution in [0.15, 0.2) is 66.9 Å². The van der Waals surface area contributed by atoms with Gasteiger partial charge in [0.2, 0.25) is 0 Å². The number of hydrogen-bond donors (Lipinski definition) is 0. The van der Waals surface area contributed by atoms with Gasteiger partial charge in [0.25, 0.3) is 0 Å². The molecule has 0 bridgehead atoms. The van der Waals surface area contributed by atoms with Crippen LogP contribution in [0.25, 0.3) is 16.3 Å². The molecule has 0 spiro atoms. The van der Waals surface area contributed by atoms with E-state index in [1.54, 1.807) is 37.6 Å². The molecule has 0 unspecified atom stereocenters. The molecule has 3 rings (SSSR count). The van der Waals surface area contributed by atoms with Crippen LogP contribution >= 0.6 is 0 Å². The molecule has 132 valence electrons. The van der Waals surface area contributed by atoms with E-state index >= 15 is 0 Å². The monoisotopic (exact) mass is 349 g/mol. The van der Waals surface area contributed by atoms with Gasteiger partial charge in [-0.05, 0) is 35.2 Å². The average molecular weight is 349 g/mol. The summed E-state index contributed by atoms with van der Waals surface area (Å²) >= 11 is 0. The molecule has 0 aliphatic carbocycles. The smallest absolute Gasteiger partial charge is 0.195 e. The maximum atomic E-state index is 13.3. The Labute approximate surface area is 152 Å². The van der Waals surface area contributed by atoms with Gasteiger partial charge in [0.05, 0.1) is 7.11 Å². The summed E-state index contributed by atoms with van der Waals surface area (Å²) in [5, 5.41) is 1.70. The fourth-order valence-electron chi connectivity index (χ4n) is 2.94. The van der Waals surface area contributed by atoms with E-state index in [0.29, 0.717) is 16.7 Å². The number of ether oxygens (including phenoxy) is 1. The van der Waals surface area contributed by atoms with Crippen molar-refractivity contribution in [1.29, 1.82) is 0 Å². The van der Waals surface area contributed by atoms with Crippen molar-refractivity contribution < 1.29 is 13.9 Å². The highest BCUT2D eigenvalue weighted by Gasteiger charge is 2.18. The molecule has 3 aromatic carbocycles. The Hall–Kier alpha value is -3.14. The van der Waals surface area contributed by atoms with Crippen molar-refractivity contribution in [1.82, 2.24) is 4.90 Å². The first-order valence-corrected chi connectivity index (χ1v) is 8.26. The van der Waals surface area contributed by atoms with E-state index in [-0.39, 0.29) is 11.6 Å². The van der Waals surface area contributed by atoms with Gasteiger partial charge in [0, 0.05) is 36.8 Å². The summed E-state index contributed by atoms with van der Waals surface area (Å²) in [4.78, 5) is 15.2. The fourth-order valence-corrected chi connectivity index (χ4v) is 2.94. The molecule has 0 atom stereocenters. The Bertz CT molecular complexity index is 975. The van der Waals surface area contributed by atoms with E-state index in [0.717, 1.165) is 16.5 Å². The van der Waals surface area contributed by atoms with Crippen LogP contribution in [0.2, 0.25) is 0 Å². The molecule has 0 N–H and O–H groups in total. The third-order valence-electron chi connectivity index (χ3n) is 4.14. The van der Waals surface area contributed by atoms with Crippen LogP contribution in [-0.4, -0.2) is 31.9 Å². The number of methoxy groups -OCH3 is 1. The molecule has 0 saturated carbocycles. The second-order valence-corrected chi connectivity index (χ2v) is 6.20. The van der Waals surface area contributed by atoms with Gasteiger partial charge in [-0.15, -0.1) is 0 Å². The number of rotatable bonds is 5. The molecular formula is C22H20FNO2. The van der Waals surface area contributed by atoms with Crippen molar-refractivity contribution in [2.75, 3.05) is 21.2 Å². The first kappa shape index (κ1) is 17.7. The summed E-state index contributed by atoms with van der Waals surface area (Å²) in [5.41, 5.74) is 1.76. The van der Waals surface area contributed by atoms with E-state index in [1.807, 2.05) is 43.3 Å². The fraction of sp³-hybridized carbons (Fsp3) is 0.136. The van der Waals surface area contributed by atoms with E-state index in [4.69, 9.17) is 4.74 Å². The van der Waals surface area contributed by atoms with Gasteiger partial charge < -0.3 is 9.64 Å². The van der Waals surface area contributed by atoms with Crippen molar-refractivity contribution in [3.05, 3.63) is 83.8 Å². The van der Waals surface area contributed by atoms with Gasteiger partial charge in [-0.2, -0.15) is 0 Å². The zero-order chi connectivity index (χ0) is 18.7. The molecule has 4 heteroatoms. The quantitative estimate of drug-likeness (QED) is 0.491. The van der Waals surface area contributed by atoms with Gasteiger partial charge >= 0.3 is 0 Å². The number of carbonyl (C=O) groups is 1. The molecule has 0 fully saturated rings. The largest absolute Gasteiger partial charge is 0.496 e. The second-order valence-electron chi connectivity index (χ2n) is 6.20. The van der Waals surface area contributed by atoms with Crippen LogP contribution in [0.1, 0.15) is 15.9 Å². The molecule has 0 radical (unpaired) electrons. The first-order valence-electron chi connectivity index (χ1n) is 8.26. The molecule has 0 aliphatic heterocycles. The Morgan fingerprint density at radius 2 is 1.62 bits per heavy atom. The van der Waals surface area contributed by atoms with Crippen LogP contribution < -0.4 is 4.74 Å². The van der Waals surface area contributed by atoms with E-state index in [2.05, 4.69) is 0 Å². The highest BCUT2D eigenvalue weighted by atomic mass is 19.1.